The number of rotatable bonds is 3. The third kappa shape index (κ3) is 3.05. The fourth-order valence-corrected chi connectivity index (χ4v) is 3.35. The van der Waals surface area contributed by atoms with Gasteiger partial charge in [-0.25, -0.2) is 4.98 Å². The summed E-state index contributed by atoms with van der Waals surface area (Å²) in [5, 5.41) is 12.9. The second kappa shape index (κ2) is 5.28. The molecule has 0 radical (unpaired) electrons. The number of hydrogen-bond donors (Lipinski definition) is 1. The van der Waals surface area contributed by atoms with Crippen LogP contribution in [0, 0.1) is 5.92 Å². The number of aliphatic hydroxyl groups is 1. The summed E-state index contributed by atoms with van der Waals surface area (Å²) in [6, 6.07) is 0. The Labute approximate surface area is 102 Å². The summed E-state index contributed by atoms with van der Waals surface area (Å²) in [5.74, 6) is 1.28. The molecule has 0 aromatic carbocycles. The Balaban J connectivity index is 1.88. The van der Waals surface area contributed by atoms with E-state index in [2.05, 4.69) is 24.2 Å². The van der Waals surface area contributed by atoms with Crippen LogP contribution in [0.1, 0.15) is 56.2 Å². The van der Waals surface area contributed by atoms with Gasteiger partial charge in [0, 0.05) is 11.8 Å². The van der Waals surface area contributed by atoms with Crippen molar-refractivity contribution in [2.75, 3.05) is 0 Å². The van der Waals surface area contributed by atoms with Crippen molar-refractivity contribution in [1.29, 1.82) is 0 Å². The molecule has 0 amide bonds. The van der Waals surface area contributed by atoms with Gasteiger partial charge in [0.15, 0.2) is 0 Å². The fraction of sp³-hybridized carbons (Fsp3) is 0.769. The van der Waals surface area contributed by atoms with Gasteiger partial charge in [-0.05, 0) is 37.5 Å². The van der Waals surface area contributed by atoms with Gasteiger partial charge in [0.05, 0.1) is 16.8 Å². The Morgan fingerprint density at radius 3 is 2.62 bits per heavy atom. The van der Waals surface area contributed by atoms with Gasteiger partial charge in [-0.2, -0.15) is 0 Å². The molecule has 1 fully saturated rings. The van der Waals surface area contributed by atoms with Gasteiger partial charge in [-0.3, -0.25) is 0 Å². The van der Waals surface area contributed by atoms with E-state index >= 15 is 0 Å². The van der Waals surface area contributed by atoms with E-state index < -0.39 is 0 Å². The average molecular weight is 239 g/mol. The van der Waals surface area contributed by atoms with Crippen LogP contribution in [0.3, 0.4) is 0 Å². The summed E-state index contributed by atoms with van der Waals surface area (Å²) in [7, 11) is 0. The van der Waals surface area contributed by atoms with Crippen LogP contribution in [-0.2, 0) is 6.42 Å². The molecule has 0 bridgehead atoms. The van der Waals surface area contributed by atoms with Gasteiger partial charge in [-0.15, -0.1) is 11.3 Å². The number of nitrogens with zero attached hydrogens (tertiary/aromatic N) is 1. The molecule has 3 heteroatoms. The Morgan fingerprint density at radius 2 is 2.06 bits per heavy atom. The van der Waals surface area contributed by atoms with E-state index in [0.717, 1.165) is 38.0 Å². The molecule has 0 unspecified atom stereocenters. The van der Waals surface area contributed by atoms with Crippen molar-refractivity contribution < 1.29 is 5.11 Å². The first-order valence-corrected chi connectivity index (χ1v) is 7.15. The topological polar surface area (TPSA) is 33.1 Å². The molecule has 90 valence electrons. The van der Waals surface area contributed by atoms with Crippen molar-refractivity contribution in [3.8, 4) is 0 Å². The lowest BCUT2D eigenvalue weighted by Crippen LogP contribution is -2.19. The summed E-state index contributed by atoms with van der Waals surface area (Å²) in [6.45, 7) is 4.38. The van der Waals surface area contributed by atoms with E-state index in [1.807, 2.05) is 0 Å². The lowest BCUT2D eigenvalue weighted by Gasteiger charge is -2.24. The van der Waals surface area contributed by atoms with E-state index in [1.165, 1.54) is 10.7 Å². The van der Waals surface area contributed by atoms with Crippen LogP contribution in [0.15, 0.2) is 5.38 Å². The van der Waals surface area contributed by atoms with Crippen molar-refractivity contribution in [3.63, 3.8) is 0 Å². The number of aliphatic hydroxyl groups excluding tert-OH is 1. The Kier molecular flexibility index (Phi) is 3.98. The summed E-state index contributed by atoms with van der Waals surface area (Å²) in [5.41, 5.74) is 1.23. The first-order valence-electron chi connectivity index (χ1n) is 6.27. The Morgan fingerprint density at radius 1 is 1.38 bits per heavy atom. The van der Waals surface area contributed by atoms with Crippen molar-refractivity contribution in [3.05, 3.63) is 16.1 Å². The standard InChI is InChI=1S/C13H21NOS/c1-9(2)12-8-16-13(14-12)7-10-3-5-11(15)6-4-10/h8-11,15H,3-7H2,1-2H3. The molecule has 1 N–H and O–H groups in total. The highest BCUT2D eigenvalue weighted by atomic mass is 32.1. The zero-order valence-electron chi connectivity index (χ0n) is 10.1. The molecule has 0 saturated heterocycles. The predicted octanol–water partition coefficient (Wildman–Crippen LogP) is 3.36. The molecule has 0 aliphatic heterocycles. The van der Waals surface area contributed by atoms with Gasteiger partial charge < -0.3 is 5.11 Å². The Bertz CT molecular complexity index is 326. The Hall–Kier alpha value is -0.410. The van der Waals surface area contributed by atoms with Gasteiger partial charge in [-0.1, -0.05) is 13.8 Å². The van der Waals surface area contributed by atoms with Gasteiger partial charge in [0.1, 0.15) is 0 Å². The smallest absolute Gasteiger partial charge is 0.0931 e. The largest absolute Gasteiger partial charge is 0.393 e. The van der Waals surface area contributed by atoms with Crippen LogP contribution in [0.25, 0.3) is 0 Å². The van der Waals surface area contributed by atoms with Crippen LogP contribution < -0.4 is 0 Å². The van der Waals surface area contributed by atoms with E-state index in [1.54, 1.807) is 11.3 Å². The second-order valence-electron chi connectivity index (χ2n) is 5.20. The molecule has 1 heterocycles. The van der Waals surface area contributed by atoms with Crippen molar-refractivity contribution >= 4 is 11.3 Å². The second-order valence-corrected chi connectivity index (χ2v) is 6.14. The fourth-order valence-electron chi connectivity index (χ4n) is 2.28. The van der Waals surface area contributed by atoms with E-state index in [0.29, 0.717) is 5.92 Å². The molecule has 0 atom stereocenters. The third-order valence-corrected chi connectivity index (χ3v) is 4.33. The summed E-state index contributed by atoms with van der Waals surface area (Å²) >= 11 is 1.80. The number of aromatic nitrogens is 1. The van der Waals surface area contributed by atoms with E-state index in [4.69, 9.17) is 0 Å². The molecule has 1 aliphatic rings. The van der Waals surface area contributed by atoms with Crippen molar-refractivity contribution in [2.24, 2.45) is 5.92 Å². The average Bonchev–Trinajstić information content (AvgIpc) is 2.70. The summed E-state index contributed by atoms with van der Waals surface area (Å²) in [4.78, 5) is 4.68. The molecule has 1 aromatic heterocycles. The SMILES string of the molecule is CC(C)c1csc(CC2CCC(O)CC2)n1. The minimum absolute atomic E-state index is 0.0428. The molecular weight excluding hydrogens is 218 g/mol. The lowest BCUT2D eigenvalue weighted by molar-refractivity contribution is 0.108. The van der Waals surface area contributed by atoms with Crippen LogP contribution in [0.4, 0.5) is 0 Å². The maximum atomic E-state index is 9.46. The molecule has 0 spiro atoms. The first kappa shape index (κ1) is 12.1. The molecular formula is C13H21NOS. The van der Waals surface area contributed by atoms with Gasteiger partial charge in [0.25, 0.3) is 0 Å². The monoisotopic (exact) mass is 239 g/mol. The highest BCUT2D eigenvalue weighted by Crippen LogP contribution is 2.29. The molecule has 1 aliphatic carbocycles. The normalized spacial score (nSPS) is 26.2. The van der Waals surface area contributed by atoms with Crippen LogP contribution in [0.2, 0.25) is 0 Å². The van der Waals surface area contributed by atoms with E-state index in [-0.39, 0.29) is 6.10 Å². The van der Waals surface area contributed by atoms with Gasteiger partial charge in [0.2, 0.25) is 0 Å². The quantitative estimate of drug-likeness (QED) is 0.877. The summed E-state index contributed by atoms with van der Waals surface area (Å²) < 4.78 is 0. The maximum Gasteiger partial charge on any atom is 0.0931 e. The first-order chi connectivity index (χ1) is 7.65. The zero-order valence-corrected chi connectivity index (χ0v) is 11.0. The van der Waals surface area contributed by atoms with E-state index in [9.17, 15) is 5.11 Å². The van der Waals surface area contributed by atoms with Gasteiger partial charge >= 0.3 is 0 Å². The predicted molar refractivity (Wildman–Crippen MR) is 67.9 cm³/mol. The van der Waals surface area contributed by atoms with Crippen LogP contribution in [0.5, 0.6) is 0 Å². The number of thiazole rings is 1. The third-order valence-electron chi connectivity index (χ3n) is 3.44. The van der Waals surface area contributed by atoms with Crippen LogP contribution >= 0.6 is 11.3 Å². The maximum absolute atomic E-state index is 9.46. The molecule has 1 saturated carbocycles. The lowest BCUT2D eigenvalue weighted by atomic mass is 9.85. The minimum atomic E-state index is -0.0428. The minimum Gasteiger partial charge on any atom is -0.393 e. The molecule has 16 heavy (non-hydrogen) atoms. The highest BCUT2D eigenvalue weighted by Gasteiger charge is 2.20. The molecule has 2 rings (SSSR count). The molecule has 2 nitrogen and oxygen atoms in total. The highest BCUT2D eigenvalue weighted by molar-refractivity contribution is 7.09. The van der Waals surface area contributed by atoms with Crippen molar-refractivity contribution in [2.45, 2.75) is 58.0 Å². The van der Waals surface area contributed by atoms with Crippen LogP contribution in [-0.4, -0.2) is 16.2 Å². The summed E-state index contributed by atoms with van der Waals surface area (Å²) in [6.07, 6.45) is 5.36. The number of hydrogen-bond acceptors (Lipinski definition) is 3. The molecule has 1 aromatic rings. The zero-order chi connectivity index (χ0) is 11.5. The van der Waals surface area contributed by atoms with Crippen molar-refractivity contribution in [1.82, 2.24) is 4.98 Å².